The highest BCUT2D eigenvalue weighted by Gasteiger charge is 2.19. The number of carbonyl (C=O) groups excluding carboxylic acids is 1. The summed E-state index contributed by atoms with van der Waals surface area (Å²) in [5, 5.41) is 11.8. The summed E-state index contributed by atoms with van der Waals surface area (Å²) >= 11 is 0. The number of carboxylic acid groups (broad SMARTS) is 1. The smallest absolute Gasteiger partial charge is 0.308 e. The number of nitrogens with one attached hydrogen (secondary N) is 1. The van der Waals surface area contributed by atoms with Gasteiger partial charge in [0.15, 0.2) is 9.84 Å². The lowest BCUT2D eigenvalue weighted by molar-refractivity contribution is -0.142. The predicted octanol–water partition coefficient (Wildman–Crippen LogP) is 1.89. The number of amides is 1. The van der Waals surface area contributed by atoms with Crippen molar-refractivity contribution in [3.63, 3.8) is 0 Å². The normalized spacial score (nSPS) is 12.8. The molecular weight excluding hydrogens is 330 g/mol. The molecular formula is C17H25NO5S. The number of hydrogen-bond acceptors (Lipinski definition) is 4. The summed E-state index contributed by atoms with van der Waals surface area (Å²) < 4.78 is 23.5. The lowest BCUT2D eigenvalue weighted by Crippen LogP contribution is -2.34. The monoisotopic (exact) mass is 355 g/mol. The minimum Gasteiger partial charge on any atom is -0.481 e. The molecule has 7 heteroatoms. The second-order valence-corrected chi connectivity index (χ2v) is 8.47. The fraction of sp³-hybridized carbons (Fsp3) is 0.529. The first-order chi connectivity index (χ1) is 11.2. The molecule has 0 saturated heterocycles. The van der Waals surface area contributed by atoms with E-state index in [4.69, 9.17) is 5.11 Å². The zero-order valence-corrected chi connectivity index (χ0v) is 15.1. The van der Waals surface area contributed by atoms with E-state index in [0.29, 0.717) is 12.0 Å². The Balaban J connectivity index is 2.60. The Morgan fingerprint density at radius 2 is 1.75 bits per heavy atom. The SMILES string of the molecule is CCS(=O)(=O)c1ccc(CC(=O)NCC(CC(C)C)C(=O)O)cc1. The van der Waals surface area contributed by atoms with E-state index < -0.39 is 21.7 Å². The van der Waals surface area contributed by atoms with E-state index in [1.54, 1.807) is 19.1 Å². The molecule has 0 aliphatic carbocycles. The van der Waals surface area contributed by atoms with Gasteiger partial charge in [-0.1, -0.05) is 32.9 Å². The molecule has 1 aromatic rings. The van der Waals surface area contributed by atoms with E-state index >= 15 is 0 Å². The van der Waals surface area contributed by atoms with Crippen molar-refractivity contribution < 1.29 is 23.1 Å². The van der Waals surface area contributed by atoms with E-state index in [1.807, 2.05) is 13.8 Å². The second-order valence-electron chi connectivity index (χ2n) is 6.19. The molecule has 6 nitrogen and oxygen atoms in total. The third-order valence-corrected chi connectivity index (χ3v) is 5.43. The highest BCUT2D eigenvalue weighted by molar-refractivity contribution is 7.91. The number of aliphatic carboxylic acids is 1. The standard InChI is InChI=1S/C17H25NO5S/c1-4-24(22,23)15-7-5-13(6-8-15)10-16(19)18-11-14(17(20)21)9-12(2)3/h5-8,12,14H,4,9-11H2,1-3H3,(H,18,19)(H,20,21). The molecule has 0 aliphatic heterocycles. The van der Waals surface area contributed by atoms with Crippen LogP contribution in [0.3, 0.4) is 0 Å². The topological polar surface area (TPSA) is 101 Å². The van der Waals surface area contributed by atoms with E-state index in [1.165, 1.54) is 12.1 Å². The molecule has 1 rings (SSSR count). The molecule has 1 amide bonds. The van der Waals surface area contributed by atoms with Crippen LogP contribution >= 0.6 is 0 Å². The van der Waals surface area contributed by atoms with Gasteiger partial charge in [0, 0.05) is 6.54 Å². The quantitative estimate of drug-likeness (QED) is 0.704. The van der Waals surface area contributed by atoms with E-state index in [0.717, 1.165) is 0 Å². The third-order valence-electron chi connectivity index (χ3n) is 3.68. The van der Waals surface area contributed by atoms with E-state index in [-0.39, 0.29) is 35.4 Å². The summed E-state index contributed by atoms with van der Waals surface area (Å²) in [7, 11) is -3.25. The Kier molecular flexibility index (Phi) is 7.41. The van der Waals surface area contributed by atoms with Crippen LogP contribution in [-0.2, 0) is 25.8 Å². The van der Waals surface area contributed by atoms with E-state index in [2.05, 4.69) is 5.32 Å². The summed E-state index contributed by atoms with van der Waals surface area (Å²) in [5.41, 5.74) is 0.679. The maximum absolute atomic E-state index is 11.9. The summed E-state index contributed by atoms with van der Waals surface area (Å²) in [6.45, 7) is 5.54. The van der Waals surface area contributed by atoms with Gasteiger partial charge in [-0.25, -0.2) is 8.42 Å². The van der Waals surface area contributed by atoms with Gasteiger partial charge in [-0.05, 0) is 30.0 Å². The van der Waals surface area contributed by atoms with Crippen molar-refractivity contribution in [1.29, 1.82) is 0 Å². The molecule has 1 unspecified atom stereocenters. The van der Waals surface area contributed by atoms with Gasteiger partial charge in [-0.15, -0.1) is 0 Å². The number of rotatable bonds is 9. The van der Waals surface area contributed by atoms with Crippen molar-refractivity contribution in [2.24, 2.45) is 11.8 Å². The number of sulfone groups is 1. The van der Waals surface area contributed by atoms with Crippen LogP contribution in [-0.4, -0.2) is 37.7 Å². The number of hydrogen-bond donors (Lipinski definition) is 2. The van der Waals surface area contributed by atoms with Crippen molar-refractivity contribution in [3.05, 3.63) is 29.8 Å². The molecule has 134 valence electrons. The van der Waals surface area contributed by atoms with Gasteiger partial charge in [0.05, 0.1) is 23.0 Å². The van der Waals surface area contributed by atoms with Crippen molar-refractivity contribution >= 4 is 21.7 Å². The van der Waals surface area contributed by atoms with Gasteiger partial charge in [0.2, 0.25) is 5.91 Å². The summed E-state index contributed by atoms with van der Waals surface area (Å²) in [5.74, 6) is -1.55. The number of carbonyl (C=O) groups is 2. The van der Waals surface area contributed by atoms with Crippen molar-refractivity contribution in [2.75, 3.05) is 12.3 Å². The molecule has 0 bridgehead atoms. The highest BCUT2D eigenvalue weighted by atomic mass is 32.2. The zero-order valence-electron chi connectivity index (χ0n) is 14.3. The lowest BCUT2D eigenvalue weighted by atomic mass is 9.97. The Morgan fingerprint density at radius 1 is 1.17 bits per heavy atom. The zero-order chi connectivity index (χ0) is 18.3. The van der Waals surface area contributed by atoms with Crippen molar-refractivity contribution in [2.45, 2.75) is 38.5 Å². The predicted molar refractivity (Wildman–Crippen MR) is 91.5 cm³/mol. The van der Waals surface area contributed by atoms with Gasteiger partial charge in [0.25, 0.3) is 0 Å². The van der Waals surface area contributed by atoms with Crippen LogP contribution in [0.15, 0.2) is 29.2 Å². The van der Waals surface area contributed by atoms with Gasteiger partial charge in [-0.3, -0.25) is 9.59 Å². The van der Waals surface area contributed by atoms with Crippen LogP contribution in [0.4, 0.5) is 0 Å². The van der Waals surface area contributed by atoms with E-state index in [9.17, 15) is 18.0 Å². The molecule has 0 heterocycles. The fourth-order valence-corrected chi connectivity index (χ4v) is 3.19. The first-order valence-corrected chi connectivity index (χ1v) is 9.62. The molecule has 24 heavy (non-hydrogen) atoms. The molecule has 0 aromatic heterocycles. The molecule has 1 atom stereocenters. The van der Waals surface area contributed by atoms with Gasteiger partial charge < -0.3 is 10.4 Å². The number of benzene rings is 1. The molecule has 0 spiro atoms. The van der Waals surface area contributed by atoms with Crippen LogP contribution in [0.2, 0.25) is 0 Å². The van der Waals surface area contributed by atoms with Gasteiger partial charge in [-0.2, -0.15) is 0 Å². The van der Waals surface area contributed by atoms with Gasteiger partial charge >= 0.3 is 5.97 Å². The maximum Gasteiger partial charge on any atom is 0.308 e. The Bertz CT molecular complexity index is 665. The molecule has 0 saturated carbocycles. The minimum absolute atomic E-state index is 0.0270. The van der Waals surface area contributed by atoms with Crippen LogP contribution < -0.4 is 5.32 Å². The third kappa shape index (κ3) is 6.31. The average Bonchev–Trinajstić information content (AvgIpc) is 2.51. The molecule has 0 radical (unpaired) electrons. The minimum atomic E-state index is -3.25. The summed E-state index contributed by atoms with van der Waals surface area (Å²) in [6, 6.07) is 6.18. The molecule has 1 aromatic carbocycles. The van der Waals surface area contributed by atoms with Crippen LogP contribution in [0.5, 0.6) is 0 Å². The van der Waals surface area contributed by atoms with Crippen LogP contribution in [0.1, 0.15) is 32.8 Å². The Hall–Kier alpha value is -1.89. The molecule has 2 N–H and O–H groups in total. The molecule has 0 aliphatic rings. The average molecular weight is 355 g/mol. The molecule has 0 fully saturated rings. The summed E-state index contributed by atoms with van der Waals surface area (Å²) in [4.78, 5) is 23.3. The maximum atomic E-state index is 11.9. The second kappa shape index (κ2) is 8.82. The van der Waals surface area contributed by atoms with Crippen molar-refractivity contribution in [3.8, 4) is 0 Å². The van der Waals surface area contributed by atoms with Crippen molar-refractivity contribution in [1.82, 2.24) is 5.32 Å². The number of carboxylic acids is 1. The Morgan fingerprint density at radius 3 is 2.21 bits per heavy atom. The first-order valence-electron chi connectivity index (χ1n) is 7.97. The summed E-state index contributed by atoms with van der Waals surface area (Å²) in [6.07, 6.45) is 0.583. The lowest BCUT2D eigenvalue weighted by Gasteiger charge is -2.15. The Labute approximate surface area is 143 Å². The fourth-order valence-electron chi connectivity index (χ4n) is 2.31. The first kappa shape index (κ1) is 20.2. The largest absolute Gasteiger partial charge is 0.481 e. The van der Waals surface area contributed by atoms with Crippen LogP contribution in [0, 0.1) is 11.8 Å². The van der Waals surface area contributed by atoms with Gasteiger partial charge in [0.1, 0.15) is 0 Å². The van der Waals surface area contributed by atoms with Crippen LogP contribution in [0.25, 0.3) is 0 Å². The highest BCUT2D eigenvalue weighted by Crippen LogP contribution is 2.13.